The Morgan fingerprint density at radius 2 is 2.16 bits per heavy atom. The van der Waals surface area contributed by atoms with Gasteiger partial charge in [-0.2, -0.15) is 5.26 Å². The maximum absolute atomic E-state index is 14.0. The van der Waals surface area contributed by atoms with Gasteiger partial charge in [0.15, 0.2) is 0 Å². The zero-order chi connectivity index (χ0) is 19.2. The molecule has 1 aromatic rings. The zero-order valence-electron chi connectivity index (χ0n) is 14.4. The molecule has 0 aliphatic rings. The van der Waals surface area contributed by atoms with E-state index in [0.29, 0.717) is 6.41 Å². The largest absolute Gasteiger partial charge is 0.396 e. The molecule has 0 saturated heterocycles. The second-order valence-electron chi connectivity index (χ2n) is 6.43. The summed E-state index contributed by atoms with van der Waals surface area (Å²) < 4.78 is 14.0. The molecule has 2 amide bonds. The lowest BCUT2D eigenvalue weighted by Crippen LogP contribution is -2.49. The molecule has 0 saturated carbocycles. The van der Waals surface area contributed by atoms with Crippen molar-refractivity contribution in [2.24, 2.45) is 5.41 Å². The Bertz CT molecular complexity index is 672. The minimum absolute atomic E-state index is 0.0492. The predicted octanol–water partition coefficient (Wildman–Crippen LogP) is 0.544. The smallest absolute Gasteiger partial charge is 0.249 e. The van der Waals surface area contributed by atoms with Gasteiger partial charge in [0.2, 0.25) is 12.3 Å². The van der Waals surface area contributed by atoms with Gasteiger partial charge in [-0.25, -0.2) is 4.39 Å². The van der Waals surface area contributed by atoms with E-state index in [0.717, 1.165) is 11.0 Å². The Labute approximate surface area is 145 Å². The van der Waals surface area contributed by atoms with Crippen molar-refractivity contribution in [1.29, 1.82) is 5.26 Å². The van der Waals surface area contributed by atoms with Crippen LogP contribution in [-0.4, -0.2) is 47.8 Å². The average molecular weight is 351 g/mol. The number of hydrogen-bond donors (Lipinski definition) is 3. The third-order valence-electron chi connectivity index (χ3n) is 3.91. The second-order valence-corrected chi connectivity index (χ2v) is 6.43. The highest BCUT2D eigenvalue weighted by Gasteiger charge is 2.33. The molecular formula is C17H22FN3O4. The SMILES string of the molecule is C[C@@H](CNC(=O)[C@H](O)C(C)(C)CO)N(C=O)c1cc(C#N)ccc1F. The Hall–Kier alpha value is -2.50. The van der Waals surface area contributed by atoms with Crippen molar-refractivity contribution in [2.45, 2.75) is 32.9 Å². The highest BCUT2D eigenvalue weighted by Crippen LogP contribution is 2.22. The predicted molar refractivity (Wildman–Crippen MR) is 89.0 cm³/mol. The average Bonchev–Trinajstić information content (AvgIpc) is 2.60. The van der Waals surface area contributed by atoms with Crippen molar-refractivity contribution >= 4 is 18.0 Å². The highest BCUT2D eigenvalue weighted by atomic mass is 19.1. The Kier molecular flexibility index (Phi) is 7.03. The van der Waals surface area contributed by atoms with Crippen LogP contribution in [0.25, 0.3) is 0 Å². The molecule has 0 aliphatic carbocycles. The van der Waals surface area contributed by atoms with Gasteiger partial charge in [0.25, 0.3) is 0 Å². The molecular weight excluding hydrogens is 329 g/mol. The minimum atomic E-state index is -1.44. The summed E-state index contributed by atoms with van der Waals surface area (Å²) in [6, 6.07) is 4.86. The van der Waals surface area contributed by atoms with E-state index in [1.807, 2.05) is 6.07 Å². The standard InChI is InChI=1S/C17H22FN3O4/c1-11(8-20-16(25)15(24)17(2,3)9-22)21(10-23)14-6-12(7-19)4-5-13(14)18/h4-6,10-11,15,22,24H,8-9H2,1-3H3,(H,20,25)/t11-,15-/m0/s1. The quantitative estimate of drug-likeness (QED) is 0.592. The van der Waals surface area contributed by atoms with Crippen LogP contribution in [0.15, 0.2) is 18.2 Å². The fourth-order valence-electron chi connectivity index (χ4n) is 2.06. The van der Waals surface area contributed by atoms with Gasteiger partial charge in [0.1, 0.15) is 11.9 Å². The lowest BCUT2D eigenvalue weighted by Gasteiger charge is -2.29. The van der Waals surface area contributed by atoms with Crippen molar-refractivity contribution in [3.63, 3.8) is 0 Å². The van der Waals surface area contributed by atoms with E-state index in [-0.39, 0.29) is 24.4 Å². The molecule has 0 radical (unpaired) electrons. The van der Waals surface area contributed by atoms with E-state index in [1.54, 1.807) is 6.92 Å². The van der Waals surface area contributed by atoms with Gasteiger partial charge >= 0.3 is 0 Å². The molecule has 25 heavy (non-hydrogen) atoms. The van der Waals surface area contributed by atoms with Gasteiger partial charge in [-0.3, -0.25) is 9.59 Å². The van der Waals surface area contributed by atoms with E-state index in [9.17, 15) is 24.2 Å². The van der Waals surface area contributed by atoms with E-state index in [4.69, 9.17) is 5.26 Å². The van der Waals surface area contributed by atoms with Crippen LogP contribution in [0.3, 0.4) is 0 Å². The molecule has 3 N–H and O–H groups in total. The fourth-order valence-corrected chi connectivity index (χ4v) is 2.06. The molecule has 7 nitrogen and oxygen atoms in total. The first-order valence-corrected chi connectivity index (χ1v) is 7.67. The molecule has 0 spiro atoms. The van der Waals surface area contributed by atoms with Crippen LogP contribution < -0.4 is 10.2 Å². The number of benzene rings is 1. The Balaban J connectivity index is 2.85. The lowest BCUT2D eigenvalue weighted by molar-refractivity contribution is -0.137. The van der Waals surface area contributed by atoms with E-state index in [2.05, 4.69) is 5.32 Å². The summed E-state index contributed by atoms with van der Waals surface area (Å²) >= 11 is 0. The van der Waals surface area contributed by atoms with Gasteiger partial charge in [0, 0.05) is 12.0 Å². The number of nitrogens with one attached hydrogen (secondary N) is 1. The molecule has 0 aromatic heterocycles. The number of rotatable bonds is 8. The summed E-state index contributed by atoms with van der Waals surface area (Å²) in [5.41, 5.74) is -0.906. The lowest BCUT2D eigenvalue weighted by atomic mass is 9.87. The molecule has 1 rings (SSSR count). The number of aliphatic hydroxyl groups excluding tert-OH is 2. The summed E-state index contributed by atoms with van der Waals surface area (Å²) in [5.74, 6) is -1.38. The van der Waals surface area contributed by atoms with Gasteiger partial charge in [-0.1, -0.05) is 13.8 Å². The summed E-state index contributed by atoms with van der Waals surface area (Å²) in [4.78, 5) is 24.4. The van der Waals surface area contributed by atoms with Gasteiger partial charge in [0.05, 0.1) is 30.0 Å². The number of nitriles is 1. The third-order valence-corrected chi connectivity index (χ3v) is 3.91. The van der Waals surface area contributed by atoms with Gasteiger partial charge < -0.3 is 20.4 Å². The first-order valence-electron chi connectivity index (χ1n) is 7.67. The number of amides is 2. The minimum Gasteiger partial charge on any atom is -0.396 e. The first-order chi connectivity index (χ1) is 11.7. The Morgan fingerprint density at radius 1 is 1.52 bits per heavy atom. The molecule has 8 heteroatoms. The van der Waals surface area contributed by atoms with Crippen LogP contribution in [0.4, 0.5) is 10.1 Å². The molecule has 136 valence electrons. The molecule has 1 aromatic carbocycles. The fraction of sp³-hybridized carbons (Fsp3) is 0.471. The van der Waals surface area contributed by atoms with Crippen molar-refractivity contribution in [1.82, 2.24) is 5.32 Å². The maximum atomic E-state index is 14.0. The molecule has 0 aliphatic heterocycles. The van der Waals surface area contributed by atoms with Crippen molar-refractivity contribution in [2.75, 3.05) is 18.1 Å². The second kappa shape index (κ2) is 8.55. The van der Waals surface area contributed by atoms with E-state index < -0.39 is 29.3 Å². The monoisotopic (exact) mass is 351 g/mol. The maximum Gasteiger partial charge on any atom is 0.249 e. The number of halogens is 1. The van der Waals surface area contributed by atoms with Gasteiger partial charge in [-0.15, -0.1) is 0 Å². The van der Waals surface area contributed by atoms with Crippen LogP contribution in [-0.2, 0) is 9.59 Å². The van der Waals surface area contributed by atoms with E-state index in [1.165, 1.54) is 26.0 Å². The molecule has 0 unspecified atom stereocenters. The number of carbonyl (C=O) groups excluding carboxylic acids is 2. The number of anilines is 1. The number of aliphatic hydroxyl groups is 2. The van der Waals surface area contributed by atoms with E-state index >= 15 is 0 Å². The van der Waals surface area contributed by atoms with Gasteiger partial charge in [-0.05, 0) is 25.1 Å². The summed E-state index contributed by atoms with van der Waals surface area (Å²) in [7, 11) is 0. The highest BCUT2D eigenvalue weighted by molar-refractivity contribution is 5.82. The molecule has 2 atom stereocenters. The number of hydrogen-bond acceptors (Lipinski definition) is 5. The zero-order valence-corrected chi connectivity index (χ0v) is 14.4. The summed E-state index contributed by atoms with van der Waals surface area (Å²) in [5, 5.41) is 30.5. The topological polar surface area (TPSA) is 114 Å². The molecule has 0 fully saturated rings. The van der Waals surface area contributed by atoms with Crippen molar-refractivity contribution < 1.29 is 24.2 Å². The molecule has 0 bridgehead atoms. The molecule has 0 heterocycles. The summed E-state index contributed by atoms with van der Waals surface area (Å²) in [6.45, 7) is 4.20. The summed E-state index contributed by atoms with van der Waals surface area (Å²) in [6.07, 6.45) is -1.03. The van der Waals surface area contributed by atoms with Crippen LogP contribution in [0.1, 0.15) is 26.3 Å². The van der Waals surface area contributed by atoms with Crippen molar-refractivity contribution in [3.05, 3.63) is 29.6 Å². The first kappa shape index (κ1) is 20.5. The number of carbonyl (C=O) groups is 2. The van der Waals surface area contributed by atoms with Crippen molar-refractivity contribution in [3.8, 4) is 6.07 Å². The normalized spacial score (nSPS) is 13.5. The Morgan fingerprint density at radius 3 is 2.68 bits per heavy atom. The van der Waals surface area contributed by atoms with Crippen LogP contribution in [0, 0.1) is 22.6 Å². The van der Waals surface area contributed by atoms with Crippen LogP contribution in [0.2, 0.25) is 0 Å². The van der Waals surface area contributed by atoms with Crippen LogP contribution >= 0.6 is 0 Å². The number of nitrogens with zero attached hydrogens (tertiary/aromatic N) is 2. The third kappa shape index (κ3) is 4.98. The van der Waals surface area contributed by atoms with Crippen LogP contribution in [0.5, 0.6) is 0 Å².